The molecule has 0 aromatic carbocycles. The van der Waals surface area contributed by atoms with E-state index >= 15 is 0 Å². The van der Waals surface area contributed by atoms with Crippen molar-refractivity contribution in [3.63, 3.8) is 0 Å². The number of hydrogen-bond acceptors (Lipinski definition) is 3. The van der Waals surface area contributed by atoms with Crippen molar-refractivity contribution in [2.24, 2.45) is 0 Å². The number of halogens is 1. The van der Waals surface area contributed by atoms with Crippen molar-refractivity contribution >= 4 is 11.6 Å². The number of aromatic nitrogens is 3. The van der Waals surface area contributed by atoms with Crippen LogP contribution in [0, 0.1) is 0 Å². The highest BCUT2D eigenvalue weighted by molar-refractivity contribution is 6.30. The number of hydrogen-bond donors (Lipinski definition) is 0. The Kier molecular flexibility index (Phi) is 3.23. The summed E-state index contributed by atoms with van der Waals surface area (Å²) in [4.78, 5) is 13.2. The number of rotatable bonds is 2. The summed E-state index contributed by atoms with van der Waals surface area (Å²) >= 11 is 6.26. The van der Waals surface area contributed by atoms with Crippen LogP contribution in [-0.2, 0) is 6.42 Å². The highest BCUT2D eigenvalue weighted by Crippen LogP contribution is 2.39. The van der Waals surface area contributed by atoms with Crippen molar-refractivity contribution in [2.75, 3.05) is 0 Å². The molecule has 0 saturated carbocycles. The van der Waals surface area contributed by atoms with Crippen LogP contribution in [0.5, 0.6) is 0 Å². The fourth-order valence-corrected chi connectivity index (χ4v) is 3.24. The third kappa shape index (κ3) is 2.12. The summed E-state index contributed by atoms with van der Waals surface area (Å²) < 4.78 is 0. The minimum atomic E-state index is 0.258. The van der Waals surface area contributed by atoms with E-state index in [2.05, 4.69) is 34.9 Å². The highest BCUT2D eigenvalue weighted by atomic mass is 35.5. The first kappa shape index (κ1) is 12.5. The Labute approximate surface area is 118 Å². The van der Waals surface area contributed by atoms with Crippen LogP contribution in [0.3, 0.4) is 0 Å². The van der Waals surface area contributed by atoms with E-state index in [9.17, 15) is 0 Å². The summed E-state index contributed by atoms with van der Waals surface area (Å²) in [5, 5.41) is 0.574. The third-order valence-corrected chi connectivity index (χ3v) is 4.03. The zero-order valence-corrected chi connectivity index (χ0v) is 11.9. The quantitative estimate of drug-likeness (QED) is 0.783. The lowest BCUT2D eigenvalue weighted by Crippen LogP contribution is -2.08. The molecule has 1 aliphatic carbocycles. The van der Waals surface area contributed by atoms with Crippen LogP contribution < -0.4 is 0 Å². The molecule has 0 amide bonds. The first-order chi connectivity index (χ1) is 9.18. The van der Waals surface area contributed by atoms with E-state index in [4.69, 9.17) is 11.6 Å². The summed E-state index contributed by atoms with van der Waals surface area (Å²) in [5.74, 6) is 0.575. The van der Waals surface area contributed by atoms with Crippen LogP contribution in [0.4, 0.5) is 0 Å². The summed E-state index contributed by atoms with van der Waals surface area (Å²) in [6.07, 6.45) is 5.53. The van der Waals surface area contributed by atoms with Gasteiger partial charge in [0.15, 0.2) is 0 Å². The molecule has 1 aliphatic rings. The maximum absolute atomic E-state index is 6.26. The van der Waals surface area contributed by atoms with Crippen molar-refractivity contribution in [3.8, 4) is 0 Å². The Morgan fingerprint density at radius 3 is 2.84 bits per heavy atom. The highest BCUT2D eigenvalue weighted by Gasteiger charge is 2.29. The molecule has 0 saturated heterocycles. The second-order valence-corrected chi connectivity index (χ2v) is 5.62. The van der Waals surface area contributed by atoms with Gasteiger partial charge in [0.05, 0.1) is 11.4 Å². The fraction of sp³-hybridized carbons (Fsp3) is 0.400. The summed E-state index contributed by atoms with van der Waals surface area (Å²) in [5.41, 5.74) is 4.59. The smallest absolute Gasteiger partial charge is 0.136 e. The van der Waals surface area contributed by atoms with E-state index in [1.54, 1.807) is 6.33 Å². The van der Waals surface area contributed by atoms with Crippen molar-refractivity contribution in [2.45, 2.75) is 38.5 Å². The molecule has 0 fully saturated rings. The molecule has 3 rings (SSSR count). The second kappa shape index (κ2) is 4.89. The first-order valence-electron chi connectivity index (χ1n) is 6.62. The minimum Gasteiger partial charge on any atom is -0.260 e. The van der Waals surface area contributed by atoms with E-state index in [1.807, 2.05) is 12.3 Å². The summed E-state index contributed by atoms with van der Waals surface area (Å²) in [6, 6.07) is 4.15. The van der Waals surface area contributed by atoms with Crippen molar-refractivity contribution < 1.29 is 0 Å². The van der Waals surface area contributed by atoms with Gasteiger partial charge in [-0.1, -0.05) is 31.5 Å². The minimum absolute atomic E-state index is 0.258. The molecule has 1 unspecified atom stereocenters. The Bertz CT molecular complexity index is 610. The third-order valence-electron chi connectivity index (χ3n) is 3.73. The maximum atomic E-state index is 6.26. The van der Waals surface area contributed by atoms with E-state index in [-0.39, 0.29) is 5.92 Å². The van der Waals surface area contributed by atoms with Crippen LogP contribution >= 0.6 is 11.6 Å². The van der Waals surface area contributed by atoms with Gasteiger partial charge in [-0.25, -0.2) is 9.97 Å². The van der Waals surface area contributed by atoms with Gasteiger partial charge in [0.1, 0.15) is 11.5 Å². The Balaban J connectivity index is 2.12. The second-order valence-electron chi connectivity index (χ2n) is 5.26. The van der Waals surface area contributed by atoms with Gasteiger partial charge in [-0.05, 0) is 30.4 Å². The molecule has 98 valence electrons. The Morgan fingerprint density at radius 1 is 1.21 bits per heavy atom. The zero-order valence-electron chi connectivity index (χ0n) is 11.1. The molecule has 0 N–H and O–H groups in total. The number of aryl methyl sites for hydroxylation is 1. The maximum Gasteiger partial charge on any atom is 0.136 e. The largest absolute Gasteiger partial charge is 0.260 e. The van der Waals surface area contributed by atoms with Gasteiger partial charge in [0.2, 0.25) is 0 Å². The average molecular weight is 274 g/mol. The molecule has 0 bridgehead atoms. The molecule has 1 atom stereocenters. The van der Waals surface area contributed by atoms with Crippen LogP contribution in [0.15, 0.2) is 24.7 Å². The molecule has 2 heterocycles. The van der Waals surface area contributed by atoms with Crippen LogP contribution in [0.25, 0.3) is 0 Å². The molecule has 0 aliphatic heterocycles. The molecular formula is C15H16ClN3. The topological polar surface area (TPSA) is 38.7 Å². The van der Waals surface area contributed by atoms with Crippen LogP contribution in [-0.4, -0.2) is 15.0 Å². The van der Waals surface area contributed by atoms with Gasteiger partial charge in [-0.2, -0.15) is 0 Å². The van der Waals surface area contributed by atoms with Crippen molar-refractivity contribution in [1.82, 2.24) is 15.0 Å². The molecule has 0 radical (unpaired) electrons. The molecule has 4 heteroatoms. The lowest BCUT2D eigenvalue weighted by molar-refractivity contribution is 0.706. The van der Waals surface area contributed by atoms with E-state index in [0.29, 0.717) is 11.1 Å². The van der Waals surface area contributed by atoms with E-state index < -0.39 is 0 Å². The number of fused-ring (bicyclic) bond motifs is 1. The zero-order chi connectivity index (χ0) is 13.4. The Hall–Kier alpha value is -1.48. The van der Waals surface area contributed by atoms with Crippen molar-refractivity contribution in [3.05, 3.63) is 52.3 Å². The standard InChI is InChI=1S/C15H16ClN3/c1-9(2)12-14(18-8-19-15(12)16)11-6-5-10-4-3-7-17-13(10)11/h3-4,7-9,11H,5-6H2,1-2H3. The molecule has 19 heavy (non-hydrogen) atoms. The predicted molar refractivity (Wildman–Crippen MR) is 75.5 cm³/mol. The monoisotopic (exact) mass is 273 g/mol. The van der Waals surface area contributed by atoms with Crippen molar-refractivity contribution in [1.29, 1.82) is 0 Å². The summed E-state index contributed by atoms with van der Waals surface area (Å²) in [6.45, 7) is 4.25. The van der Waals surface area contributed by atoms with Gasteiger partial charge in [0, 0.05) is 17.7 Å². The SMILES string of the molecule is CC(C)c1c(Cl)ncnc1C1CCc2cccnc21. The molecule has 2 aromatic rings. The fourth-order valence-electron chi connectivity index (χ4n) is 2.88. The van der Waals surface area contributed by atoms with Crippen LogP contribution in [0.1, 0.15) is 54.6 Å². The predicted octanol–water partition coefficient (Wildman–Crippen LogP) is 3.73. The van der Waals surface area contributed by atoms with Crippen LogP contribution in [0.2, 0.25) is 5.15 Å². The van der Waals surface area contributed by atoms with Gasteiger partial charge in [-0.3, -0.25) is 4.98 Å². The number of nitrogens with zero attached hydrogens (tertiary/aromatic N) is 3. The van der Waals surface area contributed by atoms with Gasteiger partial charge < -0.3 is 0 Å². The van der Waals surface area contributed by atoms with Gasteiger partial charge in [0.25, 0.3) is 0 Å². The lowest BCUT2D eigenvalue weighted by atomic mass is 9.93. The lowest BCUT2D eigenvalue weighted by Gasteiger charge is -2.17. The molecule has 3 nitrogen and oxygen atoms in total. The Morgan fingerprint density at radius 2 is 2.05 bits per heavy atom. The molecule has 2 aromatic heterocycles. The van der Waals surface area contributed by atoms with Gasteiger partial charge in [-0.15, -0.1) is 0 Å². The normalized spacial score (nSPS) is 17.8. The summed E-state index contributed by atoms with van der Waals surface area (Å²) in [7, 11) is 0. The molecule has 0 spiro atoms. The number of pyridine rings is 1. The molecular weight excluding hydrogens is 258 g/mol. The van der Waals surface area contributed by atoms with E-state index in [0.717, 1.165) is 29.8 Å². The van der Waals surface area contributed by atoms with Gasteiger partial charge >= 0.3 is 0 Å². The van der Waals surface area contributed by atoms with E-state index in [1.165, 1.54) is 5.56 Å². The first-order valence-corrected chi connectivity index (χ1v) is 7.00. The average Bonchev–Trinajstić information content (AvgIpc) is 2.81.